The van der Waals surface area contributed by atoms with Crippen LogP contribution < -0.4 is 14.4 Å². The van der Waals surface area contributed by atoms with Crippen LogP contribution in [-0.2, 0) is 11.4 Å². The Morgan fingerprint density at radius 1 is 1.03 bits per heavy atom. The molecule has 1 aliphatic rings. The summed E-state index contributed by atoms with van der Waals surface area (Å²) in [4.78, 5) is 25.4. The number of nitro groups is 1. The molecule has 3 aromatic rings. The monoisotopic (exact) mass is 492 g/mol. The number of benzene rings is 3. The smallest absolute Gasteiger partial charge is 0.270 e. The highest BCUT2D eigenvalue weighted by Gasteiger charge is 2.33. The molecule has 1 heterocycles. The summed E-state index contributed by atoms with van der Waals surface area (Å²) < 4.78 is 11.8. The van der Waals surface area contributed by atoms with Crippen molar-refractivity contribution in [3.63, 3.8) is 0 Å². The quantitative estimate of drug-likeness (QED) is 0.166. The van der Waals surface area contributed by atoms with Crippen LogP contribution in [0.25, 0.3) is 6.08 Å². The number of carbonyl (C=O) groups is 1. The molecule has 7 nitrogen and oxygen atoms in total. The Morgan fingerprint density at radius 2 is 1.76 bits per heavy atom. The molecule has 34 heavy (non-hydrogen) atoms. The lowest BCUT2D eigenvalue weighted by Gasteiger charge is -2.15. The number of amides is 1. The van der Waals surface area contributed by atoms with Gasteiger partial charge in [0.15, 0.2) is 4.32 Å². The van der Waals surface area contributed by atoms with Crippen LogP contribution in [-0.4, -0.2) is 21.8 Å². The molecule has 0 unspecified atom stereocenters. The zero-order valence-electron chi connectivity index (χ0n) is 18.2. The SMILES string of the molecule is CCOc1ccc(N2C(=O)/C(=C\c3cccc(OCc4ccc([N+](=O)[O-])cc4)c3)SC2=S)cc1. The van der Waals surface area contributed by atoms with Gasteiger partial charge in [0.25, 0.3) is 11.6 Å². The molecule has 172 valence electrons. The lowest BCUT2D eigenvalue weighted by atomic mass is 10.2. The zero-order chi connectivity index (χ0) is 24.1. The van der Waals surface area contributed by atoms with Crippen molar-refractivity contribution in [2.45, 2.75) is 13.5 Å². The number of nitro benzene ring substituents is 1. The fraction of sp³-hybridized carbons (Fsp3) is 0.120. The second-order valence-electron chi connectivity index (χ2n) is 7.23. The predicted molar refractivity (Wildman–Crippen MR) is 137 cm³/mol. The van der Waals surface area contributed by atoms with Crippen LogP contribution in [0.2, 0.25) is 0 Å². The number of anilines is 1. The number of rotatable bonds is 8. The number of hydrogen-bond donors (Lipinski definition) is 0. The number of hydrogen-bond acceptors (Lipinski definition) is 7. The summed E-state index contributed by atoms with van der Waals surface area (Å²) in [6.45, 7) is 2.75. The van der Waals surface area contributed by atoms with Gasteiger partial charge in [0, 0.05) is 12.1 Å². The van der Waals surface area contributed by atoms with Crippen molar-refractivity contribution in [1.29, 1.82) is 0 Å². The number of thiocarbonyl (C=S) groups is 1. The summed E-state index contributed by atoms with van der Waals surface area (Å²) in [6, 6.07) is 20.8. The van der Waals surface area contributed by atoms with E-state index in [0.717, 1.165) is 16.9 Å². The minimum absolute atomic E-state index is 0.0355. The maximum Gasteiger partial charge on any atom is 0.270 e. The van der Waals surface area contributed by atoms with Crippen LogP contribution in [0.3, 0.4) is 0 Å². The van der Waals surface area contributed by atoms with Crippen LogP contribution >= 0.6 is 24.0 Å². The second-order valence-corrected chi connectivity index (χ2v) is 8.90. The molecule has 9 heteroatoms. The molecule has 1 fully saturated rings. The minimum Gasteiger partial charge on any atom is -0.494 e. The predicted octanol–water partition coefficient (Wildman–Crippen LogP) is 5.98. The molecule has 3 aromatic carbocycles. The number of thioether (sulfide) groups is 1. The second kappa shape index (κ2) is 10.5. The van der Waals surface area contributed by atoms with Gasteiger partial charge in [-0.15, -0.1) is 0 Å². The van der Waals surface area contributed by atoms with Crippen LogP contribution in [0.5, 0.6) is 11.5 Å². The van der Waals surface area contributed by atoms with Gasteiger partial charge < -0.3 is 9.47 Å². The lowest BCUT2D eigenvalue weighted by molar-refractivity contribution is -0.384. The van der Waals surface area contributed by atoms with Crippen molar-refractivity contribution < 1.29 is 19.2 Å². The van der Waals surface area contributed by atoms with Crippen molar-refractivity contribution in [2.24, 2.45) is 0 Å². The van der Waals surface area contributed by atoms with Crippen molar-refractivity contribution in [3.8, 4) is 11.5 Å². The van der Waals surface area contributed by atoms with E-state index in [4.69, 9.17) is 21.7 Å². The molecule has 0 aromatic heterocycles. The van der Waals surface area contributed by atoms with Crippen molar-refractivity contribution >= 4 is 51.7 Å². The Hall–Kier alpha value is -3.69. The lowest BCUT2D eigenvalue weighted by Crippen LogP contribution is -2.27. The van der Waals surface area contributed by atoms with Crippen LogP contribution in [0.1, 0.15) is 18.1 Å². The summed E-state index contributed by atoms with van der Waals surface area (Å²) in [7, 11) is 0. The molecule has 0 saturated carbocycles. The molecule has 4 rings (SSSR count). The van der Waals surface area contributed by atoms with E-state index < -0.39 is 4.92 Å². The summed E-state index contributed by atoms with van der Waals surface area (Å²) in [5, 5.41) is 10.8. The van der Waals surface area contributed by atoms with Gasteiger partial charge in [-0.05, 0) is 72.7 Å². The summed E-state index contributed by atoms with van der Waals surface area (Å²) in [5.41, 5.74) is 2.34. The first kappa shape index (κ1) is 23.5. The molecule has 0 atom stereocenters. The van der Waals surface area contributed by atoms with E-state index in [9.17, 15) is 14.9 Å². The van der Waals surface area contributed by atoms with Gasteiger partial charge in [0.05, 0.1) is 22.1 Å². The molecule has 0 N–H and O–H groups in total. The van der Waals surface area contributed by atoms with Crippen molar-refractivity contribution in [3.05, 3.63) is 98.9 Å². The third-order valence-electron chi connectivity index (χ3n) is 4.91. The molecule has 0 bridgehead atoms. The van der Waals surface area contributed by atoms with Crippen molar-refractivity contribution in [1.82, 2.24) is 0 Å². The molecule has 1 amide bonds. The average Bonchev–Trinajstić information content (AvgIpc) is 3.11. The molecule has 1 aliphatic heterocycles. The van der Waals surface area contributed by atoms with Gasteiger partial charge in [-0.1, -0.05) is 36.1 Å². The van der Waals surface area contributed by atoms with E-state index in [1.54, 1.807) is 18.2 Å². The van der Waals surface area contributed by atoms with Gasteiger partial charge in [-0.3, -0.25) is 19.8 Å². The van der Waals surface area contributed by atoms with Gasteiger partial charge in [-0.25, -0.2) is 0 Å². The topological polar surface area (TPSA) is 81.9 Å². The number of carbonyl (C=O) groups excluding carboxylic acids is 1. The standard InChI is InChI=1S/C25H20N2O5S2/c1-2-31-21-12-10-19(11-13-21)26-24(28)23(34-25(26)33)15-18-4-3-5-22(14-18)32-16-17-6-8-20(9-7-17)27(29)30/h3-15H,2,16H2,1H3/b23-15+. The third-order valence-corrected chi connectivity index (χ3v) is 6.21. The highest BCUT2D eigenvalue weighted by atomic mass is 32.2. The van der Waals surface area contributed by atoms with Gasteiger partial charge in [0.2, 0.25) is 0 Å². The van der Waals surface area contributed by atoms with Gasteiger partial charge in [-0.2, -0.15) is 0 Å². The summed E-state index contributed by atoms with van der Waals surface area (Å²) in [5.74, 6) is 1.17. The normalized spacial score (nSPS) is 14.5. The summed E-state index contributed by atoms with van der Waals surface area (Å²) in [6.07, 6.45) is 1.78. The van der Waals surface area contributed by atoms with Gasteiger partial charge in [0.1, 0.15) is 18.1 Å². The van der Waals surface area contributed by atoms with E-state index in [2.05, 4.69) is 0 Å². The Bertz CT molecular complexity index is 1260. The van der Waals surface area contributed by atoms with Crippen molar-refractivity contribution in [2.75, 3.05) is 11.5 Å². The molecule has 1 saturated heterocycles. The molecular formula is C25H20N2O5S2. The first-order chi connectivity index (χ1) is 16.4. The van der Waals surface area contributed by atoms with Crippen LogP contribution in [0.15, 0.2) is 77.7 Å². The van der Waals surface area contributed by atoms with Gasteiger partial charge >= 0.3 is 0 Å². The number of ether oxygens (including phenoxy) is 2. The first-order valence-electron chi connectivity index (χ1n) is 10.4. The Labute approximate surface area is 206 Å². The van der Waals surface area contributed by atoms with E-state index in [-0.39, 0.29) is 18.2 Å². The van der Waals surface area contributed by atoms with E-state index >= 15 is 0 Å². The number of nitrogens with zero attached hydrogens (tertiary/aromatic N) is 2. The summed E-state index contributed by atoms with van der Waals surface area (Å²) >= 11 is 6.70. The van der Waals surface area contributed by atoms with E-state index in [1.165, 1.54) is 28.8 Å². The highest BCUT2D eigenvalue weighted by Crippen LogP contribution is 2.36. The number of non-ortho nitro benzene ring substituents is 1. The largest absolute Gasteiger partial charge is 0.494 e. The highest BCUT2D eigenvalue weighted by molar-refractivity contribution is 8.27. The third kappa shape index (κ3) is 5.44. The average molecular weight is 493 g/mol. The Morgan fingerprint density at radius 3 is 2.44 bits per heavy atom. The molecule has 0 spiro atoms. The Kier molecular flexibility index (Phi) is 7.24. The van der Waals surface area contributed by atoms with Crippen LogP contribution in [0.4, 0.5) is 11.4 Å². The molecule has 0 radical (unpaired) electrons. The Balaban J connectivity index is 1.45. The first-order valence-corrected chi connectivity index (χ1v) is 11.6. The molecule has 0 aliphatic carbocycles. The van der Waals surface area contributed by atoms with Crippen LogP contribution in [0, 0.1) is 10.1 Å². The maximum absolute atomic E-state index is 13.0. The van der Waals surface area contributed by atoms with E-state index in [0.29, 0.717) is 27.3 Å². The van der Waals surface area contributed by atoms with E-state index in [1.807, 2.05) is 55.5 Å². The fourth-order valence-electron chi connectivity index (χ4n) is 3.27. The maximum atomic E-state index is 13.0. The fourth-order valence-corrected chi connectivity index (χ4v) is 4.57. The zero-order valence-corrected chi connectivity index (χ0v) is 19.8. The minimum atomic E-state index is -0.438. The molecular weight excluding hydrogens is 472 g/mol.